The quantitative estimate of drug-likeness (QED) is 0.801. The van der Waals surface area contributed by atoms with E-state index in [9.17, 15) is 0 Å². The zero-order valence-corrected chi connectivity index (χ0v) is 9.96. The summed E-state index contributed by atoms with van der Waals surface area (Å²) in [5.41, 5.74) is 2.68. The molecule has 3 rings (SSSR count). The van der Waals surface area contributed by atoms with E-state index >= 15 is 0 Å². The predicted molar refractivity (Wildman–Crippen MR) is 67.9 cm³/mol. The highest BCUT2D eigenvalue weighted by Crippen LogP contribution is 2.20. The smallest absolute Gasteiger partial charge is 0.156 e. The molecule has 0 fully saturated rings. The van der Waals surface area contributed by atoms with Crippen LogP contribution >= 0.6 is 11.8 Å². The number of rotatable bonds is 1. The Morgan fingerprint density at radius 1 is 1.44 bits per heavy atom. The van der Waals surface area contributed by atoms with Gasteiger partial charge in [-0.25, -0.2) is 0 Å². The van der Waals surface area contributed by atoms with Crippen LogP contribution in [0.5, 0.6) is 0 Å². The number of amidine groups is 1. The molecule has 1 N–H and O–H groups in total. The van der Waals surface area contributed by atoms with Crippen molar-refractivity contribution < 1.29 is 0 Å². The van der Waals surface area contributed by atoms with Crippen molar-refractivity contribution in [3.05, 3.63) is 29.6 Å². The molecule has 3 nitrogen and oxygen atoms in total. The summed E-state index contributed by atoms with van der Waals surface area (Å²) in [7, 11) is 0. The lowest BCUT2D eigenvalue weighted by molar-refractivity contribution is 0.522. The van der Waals surface area contributed by atoms with Crippen LogP contribution in [0.2, 0.25) is 0 Å². The number of fused-ring (bicyclic) bond motifs is 1. The van der Waals surface area contributed by atoms with Crippen LogP contribution in [-0.2, 0) is 12.8 Å². The minimum absolute atomic E-state index is 0.520. The first-order valence-electron chi connectivity index (χ1n) is 5.78. The van der Waals surface area contributed by atoms with Gasteiger partial charge in [0.2, 0.25) is 0 Å². The van der Waals surface area contributed by atoms with Crippen molar-refractivity contribution >= 4 is 16.9 Å². The van der Waals surface area contributed by atoms with E-state index in [1.54, 1.807) is 0 Å². The number of hydrogen-bond donors (Lipinski definition) is 1. The second kappa shape index (κ2) is 4.45. The minimum atomic E-state index is 0.520. The molecule has 84 valence electrons. The Balaban J connectivity index is 1.68. The van der Waals surface area contributed by atoms with Gasteiger partial charge in [0.1, 0.15) is 0 Å². The van der Waals surface area contributed by atoms with Gasteiger partial charge >= 0.3 is 0 Å². The van der Waals surface area contributed by atoms with Crippen LogP contribution in [0.3, 0.4) is 0 Å². The van der Waals surface area contributed by atoms with Crippen molar-refractivity contribution in [3.63, 3.8) is 0 Å². The number of pyridine rings is 1. The molecule has 0 saturated carbocycles. The molecule has 1 atom stereocenters. The van der Waals surface area contributed by atoms with Crippen LogP contribution in [0.1, 0.15) is 17.7 Å². The van der Waals surface area contributed by atoms with Crippen molar-refractivity contribution in [2.45, 2.75) is 25.3 Å². The summed E-state index contributed by atoms with van der Waals surface area (Å²) >= 11 is 1.84. The van der Waals surface area contributed by atoms with E-state index in [0.29, 0.717) is 6.04 Å². The second-order valence-corrected chi connectivity index (χ2v) is 5.31. The lowest BCUT2D eigenvalue weighted by atomic mass is 9.92. The van der Waals surface area contributed by atoms with E-state index < -0.39 is 0 Å². The summed E-state index contributed by atoms with van der Waals surface area (Å²) in [4.78, 5) is 8.89. The van der Waals surface area contributed by atoms with Gasteiger partial charge in [0.25, 0.3) is 0 Å². The molecule has 0 saturated heterocycles. The lowest BCUT2D eigenvalue weighted by Gasteiger charge is -2.24. The molecule has 4 heteroatoms. The summed E-state index contributed by atoms with van der Waals surface area (Å²) in [5, 5.41) is 4.66. The fourth-order valence-corrected chi connectivity index (χ4v) is 3.08. The highest BCUT2D eigenvalue weighted by Gasteiger charge is 2.21. The average molecular weight is 233 g/mol. The Kier molecular flexibility index (Phi) is 2.82. The van der Waals surface area contributed by atoms with Crippen LogP contribution in [0, 0.1) is 0 Å². The summed E-state index contributed by atoms with van der Waals surface area (Å²) in [6.07, 6.45) is 5.26. The standard InChI is InChI=1S/C12H15N3S/c1-2-9-3-4-10(8-11(9)13-5-1)15-12-14-6-7-16-12/h1-2,5,10H,3-4,6-8H2,(H,14,15). The molecular weight excluding hydrogens is 218 g/mol. The molecular formula is C12H15N3S. The zero-order chi connectivity index (χ0) is 10.8. The Morgan fingerprint density at radius 3 is 3.31 bits per heavy atom. The van der Waals surface area contributed by atoms with Gasteiger partial charge < -0.3 is 5.32 Å². The number of aryl methyl sites for hydroxylation is 1. The largest absolute Gasteiger partial charge is 0.362 e. The maximum absolute atomic E-state index is 4.46. The van der Waals surface area contributed by atoms with Crippen molar-refractivity contribution in [2.24, 2.45) is 4.99 Å². The average Bonchev–Trinajstić information content (AvgIpc) is 2.82. The topological polar surface area (TPSA) is 37.3 Å². The molecule has 16 heavy (non-hydrogen) atoms. The van der Waals surface area contributed by atoms with Crippen LogP contribution < -0.4 is 5.32 Å². The fourth-order valence-electron chi connectivity index (χ4n) is 2.27. The van der Waals surface area contributed by atoms with Gasteiger partial charge in [-0.05, 0) is 24.5 Å². The second-order valence-electron chi connectivity index (χ2n) is 4.23. The molecule has 0 bridgehead atoms. The monoisotopic (exact) mass is 233 g/mol. The minimum Gasteiger partial charge on any atom is -0.362 e. The molecule has 0 aromatic carbocycles. The van der Waals surface area contributed by atoms with Gasteiger partial charge in [-0.15, -0.1) is 0 Å². The number of nitrogens with zero attached hydrogens (tertiary/aromatic N) is 2. The Morgan fingerprint density at radius 2 is 2.44 bits per heavy atom. The van der Waals surface area contributed by atoms with Gasteiger partial charge in [0.05, 0.1) is 6.54 Å². The summed E-state index contributed by atoms with van der Waals surface area (Å²) in [5.74, 6) is 1.13. The van der Waals surface area contributed by atoms with Gasteiger partial charge in [-0.1, -0.05) is 17.8 Å². The maximum atomic E-state index is 4.46. The molecule has 1 aliphatic carbocycles. The summed E-state index contributed by atoms with van der Waals surface area (Å²) in [6.45, 7) is 0.967. The van der Waals surface area contributed by atoms with Crippen molar-refractivity contribution in [1.82, 2.24) is 10.3 Å². The number of nitrogens with one attached hydrogen (secondary N) is 1. The van der Waals surface area contributed by atoms with Gasteiger partial charge in [-0.3, -0.25) is 9.98 Å². The van der Waals surface area contributed by atoms with E-state index in [-0.39, 0.29) is 0 Å². The molecule has 0 spiro atoms. The molecule has 1 aromatic heterocycles. The van der Waals surface area contributed by atoms with Gasteiger partial charge in [0, 0.05) is 30.1 Å². The van der Waals surface area contributed by atoms with Crippen LogP contribution in [-0.4, -0.2) is 28.5 Å². The fraction of sp³-hybridized carbons (Fsp3) is 0.500. The Bertz CT molecular complexity index is 416. The number of aliphatic imine (C=N–C) groups is 1. The summed E-state index contributed by atoms with van der Waals surface area (Å²) in [6, 6.07) is 4.75. The van der Waals surface area contributed by atoms with Gasteiger partial charge in [-0.2, -0.15) is 0 Å². The first kappa shape index (κ1) is 10.1. The van der Waals surface area contributed by atoms with E-state index in [4.69, 9.17) is 0 Å². The molecule has 1 aliphatic heterocycles. The van der Waals surface area contributed by atoms with Crippen molar-refractivity contribution in [1.29, 1.82) is 0 Å². The van der Waals surface area contributed by atoms with Crippen LogP contribution in [0.15, 0.2) is 23.3 Å². The maximum Gasteiger partial charge on any atom is 0.156 e. The molecule has 0 radical (unpaired) electrons. The number of thioether (sulfide) groups is 1. The third-order valence-electron chi connectivity index (χ3n) is 3.10. The molecule has 1 aromatic rings. The summed E-state index contributed by atoms with van der Waals surface area (Å²) < 4.78 is 0. The first-order chi connectivity index (χ1) is 7.92. The van der Waals surface area contributed by atoms with E-state index in [1.165, 1.54) is 17.7 Å². The molecule has 0 amide bonds. The third-order valence-corrected chi connectivity index (χ3v) is 4.01. The first-order valence-corrected chi connectivity index (χ1v) is 6.77. The zero-order valence-electron chi connectivity index (χ0n) is 9.15. The molecule has 2 heterocycles. The van der Waals surface area contributed by atoms with E-state index in [2.05, 4.69) is 21.4 Å². The van der Waals surface area contributed by atoms with Crippen molar-refractivity contribution in [2.75, 3.05) is 12.3 Å². The Hall–Kier alpha value is -1.03. The molecule has 2 aliphatic rings. The SMILES string of the molecule is c1cnc2c(c1)CCC(NC1=NCCS1)C2. The highest BCUT2D eigenvalue weighted by molar-refractivity contribution is 8.14. The van der Waals surface area contributed by atoms with E-state index in [0.717, 1.165) is 30.3 Å². The van der Waals surface area contributed by atoms with Crippen molar-refractivity contribution in [3.8, 4) is 0 Å². The number of aromatic nitrogens is 1. The molecule has 1 unspecified atom stereocenters. The Labute approximate surface area is 99.8 Å². The van der Waals surface area contributed by atoms with E-state index in [1.807, 2.05) is 24.0 Å². The highest BCUT2D eigenvalue weighted by atomic mass is 32.2. The normalized spacial score (nSPS) is 23.8. The van der Waals surface area contributed by atoms with Crippen LogP contribution in [0.4, 0.5) is 0 Å². The predicted octanol–water partition coefficient (Wildman–Crippen LogP) is 1.63. The third kappa shape index (κ3) is 2.07. The van der Waals surface area contributed by atoms with Crippen LogP contribution in [0.25, 0.3) is 0 Å². The number of hydrogen-bond acceptors (Lipinski definition) is 4. The lowest BCUT2D eigenvalue weighted by Crippen LogP contribution is -2.37. The van der Waals surface area contributed by atoms with Gasteiger partial charge in [0.15, 0.2) is 5.17 Å².